The van der Waals surface area contributed by atoms with Gasteiger partial charge in [-0.05, 0) is 43.3 Å². The maximum atomic E-state index is 11.7. The summed E-state index contributed by atoms with van der Waals surface area (Å²) < 4.78 is 5.34. The number of nitrogens with one attached hydrogen (secondary N) is 1. The van der Waals surface area contributed by atoms with Crippen LogP contribution in [0, 0.1) is 6.92 Å². The number of benzene rings is 2. The second-order valence-corrected chi connectivity index (χ2v) is 5.94. The summed E-state index contributed by atoms with van der Waals surface area (Å²) in [6.45, 7) is 5.47. The largest absolute Gasteiger partial charge is 0.495 e. The van der Waals surface area contributed by atoms with Gasteiger partial charge in [0.2, 0.25) is 5.91 Å². The minimum atomic E-state index is -0.284. The van der Waals surface area contributed by atoms with E-state index in [1.807, 2.05) is 50.4 Å². The van der Waals surface area contributed by atoms with E-state index >= 15 is 0 Å². The van der Waals surface area contributed by atoms with Crippen molar-refractivity contribution in [2.75, 3.05) is 24.4 Å². The van der Waals surface area contributed by atoms with Crippen LogP contribution >= 0.6 is 0 Å². The lowest BCUT2D eigenvalue weighted by molar-refractivity contribution is -0.111. The van der Waals surface area contributed by atoms with Gasteiger partial charge in [0, 0.05) is 23.8 Å². The highest BCUT2D eigenvalue weighted by Gasteiger charge is 2.13. The van der Waals surface area contributed by atoms with Gasteiger partial charge in [-0.1, -0.05) is 24.8 Å². The number of aromatic nitrogens is 1. The predicted molar refractivity (Wildman–Crippen MR) is 106 cm³/mol. The van der Waals surface area contributed by atoms with Gasteiger partial charge in [0.25, 0.3) is 0 Å². The van der Waals surface area contributed by atoms with Crippen LogP contribution in [0.3, 0.4) is 0 Å². The van der Waals surface area contributed by atoms with Gasteiger partial charge < -0.3 is 15.0 Å². The number of hydrogen-bond donors (Lipinski definition) is 1. The van der Waals surface area contributed by atoms with E-state index in [0.29, 0.717) is 11.4 Å². The number of ether oxygens (including phenoxy) is 1. The molecule has 26 heavy (non-hydrogen) atoms. The zero-order chi connectivity index (χ0) is 18.7. The minimum Gasteiger partial charge on any atom is -0.495 e. The molecule has 0 spiro atoms. The van der Waals surface area contributed by atoms with Crippen molar-refractivity contribution < 1.29 is 9.53 Å². The van der Waals surface area contributed by atoms with E-state index in [1.165, 1.54) is 6.08 Å². The van der Waals surface area contributed by atoms with Crippen molar-refractivity contribution in [2.45, 2.75) is 6.92 Å². The highest BCUT2D eigenvalue weighted by molar-refractivity contribution is 6.00. The number of aryl methyl sites for hydroxylation is 1. The molecule has 5 nitrogen and oxygen atoms in total. The van der Waals surface area contributed by atoms with Crippen LogP contribution in [0.25, 0.3) is 10.9 Å². The predicted octanol–water partition coefficient (Wildman–Crippen LogP) is 4.44. The molecule has 3 rings (SSSR count). The molecule has 0 aliphatic carbocycles. The topological polar surface area (TPSA) is 54.5 Å². The first-order chi connectivity index (χ1) is 12.5. The summed E-state index contributed by atoms with van der Waals surface area (Å²) in [6.07, 6.45) is 1.23. The molecule has 0 saturated heterocycles. The number of hydrogen-bond acceptors (Lipinski definition) is 4. The van der Waals surface area contributed by atoms with Crippen LogP contribution in [-0.4, -0.2) is 25.0 Å². The number of fused-ring (bicyclic) bond motifs is 1. The average molecular weight is 347 g/mol. The Bertz CT molecular complexity index is 982. The van der Waals surface area contributed by atoms with Crippen molar-refractivity contribution in [1.82, 2.24) is 4.98 Å². The van der Waals surface area contributed by atoms with E-state index < -0.39 is 0 Å². The highest BCUT2D eigenvalue weighted by atomic mass is 16.5. The quantitative estimate of drug-likeness (QED) is 0.693. The van der Waals surface area contributed by atoms with Gasteiger partial charge >= 0.3 is 0 Å². The second kappa shape index (κ2) is 7.27. The lowest BCUT2D eigenvalue weighted by atomic mass is 10.1. The van der Waals surface area contributed by atoms with Crippen molar-refractivity contribution in [1.29, 1.82) is 0 Å². The fourth-order valence-corrected chi connectivity index (χ4v) is 2.89. The summed E-state index contributed by atoms with van der Waals surface area (Å²) in [4.78, 5) is 18.4. The normalized spacial score (nSPS) is 10.4. The summed E-state index contributed by atoms with van der Waals surface area (Å²) >= 11 is 0. The van der Waals surface area contributed by atoms with Crippen molar-refractivity contribution >= 4 is 33.9 Å². The van der Waals surface area contributed by atoms with Crippen LogP contribution < -0.4 is 15.0 Å². The number of methoxy groups -OCH3 is 1. The molecular weight excluding hydrogens is 326 g/mol. The van der Waals surface area contributed by atoms with E-state index in [9.17, 15) is 4.79 Å². The first-order valence-corrected chi connectivity index (χ1v) is 8.25. The molecule has 1 heterocycles. The fraction of sp³-hybridized carbons (Fsp3) is 0.143. The monoisotopic (exact) mass is 347 g/mol. The number of pyridine rings is 1. The van der Waals surface area contributed by atoms with E-state index in [2.05, 4.69) is 33.9 Å². The summed E-state index contributed by atoms with van der Waals surface area (Å²) in [5, 5.41) is 3.85. The molecule has 1 amide bonds. The Kier molecular flexibility index (Phi) is 4.89. The zero-order valence-corrected chi connectivity index (χ0v) is 15.1. The average Bonchev–Trinajstić information content (AvgIpc) is 2.66. The minimum absolute atomic E-state index is 0.284. The Labute approximate surface area is 152 Å². The lowest BCUT2D eigenvalue weighted by Crippen LogP contribution is -2.13. The molecule has 0 saturated carbocycles. The first-order valence-electron chi connectivity index (χ1n) is 8.25. The molecule has 0 fully saturated rings. The van der Waals surface area contributed by atoms with Gasteiger partial charge in [-0.2, -0.15) is 0 Å². The third-order valence-electron chi connectivity index (χ3n) is 4.20. The molecular formula is C21H21N3O2. The summed E-state index contributed by atoms with van der Waals surface area (Å²) in [7, 11) is 3.56. The third kappa shape index (κ3) is 3.37. The molecule has 132 valence electrons. The summed E-state index contributed by atoms with van der Waals surface area (Å²) in [5.74, 6) is 0.307. The van der Waals surface area contributed by atoms with Gasteiger partial charge in [0.1, 0.15) is 5.75 Å². The van der Waals surface area contributed by atoms with Crippen LogP contribution in [0.1, 0.15) is 5.69 Å². The number of amides is 1. The van der Waals surface area contributed by atoms with E-state index in [-0.39, 0.29) is 5.91 Å². The van der Waals surface area contributed by atoms with Crippen LogP contribution in [0.2, 0.25) is 0 Å². The summed E-state index contributed by atoms with van der Waals surface area (Å²) in [5.41, 5.74) is 4.44. The van der Waals surface area contributed by atoms with Crippen LogP contribution in [0.4, 0.5) is 17.1 Å². The van der Waals surface area contributed by atoms with E-state index in [1.54, 1.807) is 7.11 Å². The first kappa shape index (κ1) is 17.5. The van der Waals surface area contributed by atoms with Gasteiger partial charge in [0.05, 0.1) is 24.0 Å². The highest BCUT2D eigenvalue weighted by Crippen LogP contribution is 2.35. The summed E-state index contributed by atoms with van der Waals surface area (Å²) in [6, 6.07) is 15.8. The Balaban J connectivity index is 2.08. The fourth-order valence-electron chi connectivity index (χ4n) is 2.89. The molecule has 5 heteroatoms. The molecule has 3 aromatic rings. The maximum absolute atomic E-state index is 11.7. The van der Waals surface area contributed by atoms with Gasteiger partial charge in [-0.15, -0.1) is 0 Å². The van der Waals surface area contributed by atoms with Gasteiger partial charge in [0.15, 0.2) is 0 Å². The Morgan fingerprint density at radius 3 is 2.73 bits per heavy atom. The Morgan fingerprint density at radius 2 is 2.00 bits per heavy atom. The number of carbonyl (C=O) groups is 1. The molecule has 0 atom stereocenters. The number of nitrogens with zero attached hydrogens (tertiary/aromatic N) is 2. The standard InChI is InChI=1S/C21H21N3O2/c1-5-21(25)23-18-13-15(10-11-20(18)26-4)24(3)19-12-14(2)22-17-9-7-6-8-16(17)19/h5-13H,1H2,2-4H3,(H,23,25). The number of anilines is 3. The molecule has 1 aromatic heterocycles. The molecule has 0 unspecified atom stereocenters. The number of rotatable bonds is 5. The zero-order valence-electron chi connectivity index (χ0n) is 15.1. The van der Waals surface area contributed by atoms with Crippen LogP contribution in [0.5, 0.6) is 5.75 Å². The lowest BCUT2D eigenvalue weighted by Gasteiger charge is -2.23. The van der Waals surface area contributed by atoms with Crippen molar-refractivity contribution in [3.63, 3.8) is 0 Å². The molecule has 2 aromatic carbocycles. The maximum Gasteiger partial charge on any atom is 0.247 e. The molecule has 0 bridgehead atoms. The van der Waals surface area contributed by atoms with Crippen LogP contribution in [0.15, 0.2) is 61.2 Å². The van der Waals surface area contributed by atoms with Crippen molar-refractivity contribution in [3.05, 3.63) is 66.9 Å². The van der Waals surface area contributed by atoms with E-state index in [0.717, 1.165) is 28.0 Å². The SMILES string of the molecule is C=CC(=O)Nc1cc(N(C)c2cc(C)nc3ccccc23)ccc1OC. The van der Waals surface area contributed by atoms with Gasteiger partial charge in [-0.3, -0.25) is 9.78 Å². The Morgan fingerprint density at radius 1 is 1.23 bits per heavy atom. The molecule has 0 aliphatic heterocycles. The molecule has 0 aliphatic rings. The van der Waals surface area contributed by atoms with Gasteiger partial charge in [-0.25, -0.2) is 0 Å². The molecule has 1 N–H and O–H groups in total. The van der Waals surface area contributed by atoms with Crippen molar-refractivity contribution in [2.24, 2.45) is 0 Å². The number of carbonyl (C=O) groups excluding carboxylic acids is 1. The van der Waals surface area contributed by atoms with Crippen molar-refractivity contribution in [3.8, 4) is 5.75 Å². The Hall–Kier alpha value is -3.34. The van der Waals surface area contributed by atoms with Crippen LogP contribution in [-0.2, 0) is 4.79 Å². The smallest absolute Gasteiger partial charge is 0.247 e. The number of para-hydroxylation sites is 1. The second-order valence-electron chi connectivity index (χ2n) is 5.94. The molecule has 0 radical (unpaired) electrons. The third-order valence-corrected chi connectivity index (χ3v) is 4.20. The van der Waals surface area contributed by atoms with E-state index in [4.69, 9.17) is 4.74 Å².